The van der Waals surface area contributed by atoms with Crippen LogP contribution in [0.15, 0.2) is 0 Å². The van der Waals surface area contributed by atoms with Gasteiger partial charge in [0.15, 0.2) is 6.10 Å². The lowest BCUT2D eigenvalue weighted by Gasteiger charge is -2.50. The van der Waals surface area contributed by atoms with E-state index in [0.717, 1.165) is 25.9 Å². The Labute approximate surface area is 91.2 Å². The Hall–Kier alpha value is -0.610. The Bertz CT molecular complexity index is 218. The number of hydrogen-bond acceptors (Lipinski definition) is 4. The van der Waals surface area contributed by atoms with Gasteiger partial charge in [0.25, 0.3) is 0 Å². The Morgan fingerprint density at radius 3 is 2.40 bits per heavy atom. The molecule has 0 aromatic carbocycles. The van der Waals surface area contributed by atoms with Gasteiger partial charge in [-0.05, 0) is 18.3 Å². The Kier molecular flexibility index (Phi) is 4.11. The van der Waals surface area contributed by atoms with Crippen LogP contribution in [-0.2, 0) is 9.53 Å². The fourth-order valence-corrected chi connectivity index (χ4v) is 2.18. The number of hydrogen-bond donors (Lipinski definition) is 1. The number of carbonyl (C=O) groups excluding carboxylic acids is 1. The average molecular weight is 215 g/mol. The predicted octanol–water partition coefficient (Wildman–Crippen LogP) is 0.642. The fourth-order valence-electron chi connectivity index (χ4n) is 2.18. The summed E-state index contributed by atoms with van der Waals surface area (Å²) in [6.45, 7) is 6.74. The highest BCUT2D eigenvalue weighted by molar-refractivity contribution is 5.74. The van der Waals surface area contributed by atoms with E-state index < -0.39 is 12.1 Å². The lowest BCUT2D eigenvalue weighted by Crippen LogP contribution is -2.58. The van der Waals surface area contributed by atoms with E-state index in [1.54, 1.807) is 0 Å². The van der Waals surface area contributed by atoms with Gasteiger partial charge in [0.2, 0.25) is 0 Å². The minimum Gasteiger partial charge on any atom is -0.467 e. The molecule has 88 valence electrons. The van der Waals surface area contributed by atoms with Gasteiger partial charge in [-0.1, -0.05) is 13.8 Å². The number of likely N-dealkylation sites (tertiary alicyclic amines) is 1. The van der Waals surface area contributed by atoms with Crippen molar-refractivity contribution in [2.45, 2.75) is 32.8 Å². The molecule has 15 heavy (non-hydrogen) atoms. The van der Waals surface area contributed by atoms with Crippen molar-refractivity contribution in [3.8, 4) is 0 Å². The van der Waals surface area contributed by atoms with Crippen LogP contribution in [-0.4, -0.2) is 48.8 Å². The van der Waals surface area contributed by atoms with Crippen molar-refractivity contribution in [2.24, 2.45) is 5.41 Å². The molecule has 0 amide bonds. The number of aliphatic hydroxyl groups is 1. The van der Waals surface area contributed by atoms with Crippen molar-refractivity contribution in [3.05, 3.63) is 0 Å². The normalized spacial score (nSPS) is 21.9. The number of aliphatic hydroxyl groups excluding tert-OH is 1. The molecule has 0 radical (unpaired) electrons. The van der Waals surface area contributed by atoms with Crippen LogP contribution in [0.5, 0.6) is 0 Å². The highest BCUT2D eigenvalue weighted by Crippen LogP contribution is 2.36. The number of nitrogens with zero attached hydrogens (tertiary/aromatic N) is 1. The first-order chi connectivity index (χ1) is 7.06. The molecule has 1 atom stereocenters. The summed E-state index contributed by atoms with van der Waals surface area (Å²) >= 11 is 0. The van der Waals surface area contributed by atoms with Crippen LogP contribution in [0.4, 0.5) is 0 Å². The van der Waals surface area contributed by atoms with Crippen molar-refractivity contribution < 1.29 is 14.6 Å². The number of methoxy groups -OCH3 is 1. The van der Waals surface area contributed by atoms with Gasteiger partial charge in [0.05, 0.1) is 7.11 Å². The Morgan fingerprint density at radius 1 is 1.47 bits per heavy atom. The van der Waals surface area contributed by atoms with Gasteiger partial charge in [0, 0.05) is 19.6 Å². The third-order valence-electron chi connectivity index (χ3n) is 3.52. The van der Waals surface area contributed by atoms with Gasteiger partial charge in [-0.15, -0.1) is 0 Å². The van der Waals surface area contributed by atoms with E-state index in [1.165, 1.54) is 7.11 Å². The minimum atomic E-state index is -0.998. The molecule has 0 bridgehead atoms. The Balaban J connectivity index is 2.31. The molecule has 1 saturated heterocycles. The van der Waals surface area contributed by atoms with Crippen molar-refractivity contribution in [1.29, 1.82) is 0 Å². The molecule has 0 spiro atoms. The minimum absolute atomic E-state index is 0.397. The molecule has 4 nitrogen and oxygen atoms in total. The number of ether oxygens (including phenoxy) is 1. The summed E-state index contributed by atoms with van der Waals surface area (Å²) in [6, 6.07) is 0. The largest absolute Gasteiger partial charge is 0.467 e. The molecule has 1 aliphatic heterocycles. The second-order valence-electron chi connectivity index (χ2n) is 4.42. The summed E-state index contributed by atoms with van der Waals surface area (Å²) in [6.07, 6.45) is 1.32. The molecule has 1 heterocycles. The molecule has 1 unspecified atom stereocenters. The van der Waals surface area contributed by atoms with E-state index in [2.05, 4.69) is 23.5 Å². The second-order valence-corrected chi connectivity index (χ2v) is 4.42. The zero-order chi connectivity index (χ0) is 11.5. The van der Waals surface area contributed by atoms with Crippen molar-refractivity contribution >= 4 is 5.97 Å². The van der Waals surface area contributed by atoms with E-state index in [0.29, 0.717) is 12.0 Å². The molecule has 4 heteroatoms. The van der Waals surface area contributed by atoms with Crippen molar-refractivity contribution in [2.75, 3.05) is 26.7 Å². The summed E-state index contributed by atoms with van der Waals surface area (Å²) in [5.74, 6) is -0.541. The standard InChI is InChI=1S/C11H21NO3/c1-4-11(5-2)7-12(8-11)6-9(13)10(14)15-3/h9,13H,4-8H2,1-3H3. The quantitative estimate of drug-likeness (QED) is 0.684. The smallest absolute Gasteiger partial charge is 0.336 e. The van der Waals surface area contributed by atoms with Crippen LogP contribution in [0.25, 0.3) is 0 Å². The first-order valence-corrected chi connectivity index (χ1v) is 5.55. The zero-order valence-corrected chi connectivity index (χ0v) is 9.82. The second kappa shape index (κ2) is 4.94. The predicted molar refractivity (Wildman–Crippen MR) is 57.5 cm³/mol. The van der Waals surface area contributed by atoms with Crippen LogP contribution in [0, 0.1) is 5.41 Å². The highest BCUT2D eigenvalue weighted by Gasteiger charge is 2.40. The molecular weight excluding hydrogens is 194 g/mol. The Morgan fingerprint density at radius 2 is 2.00 bits per heavy atom. The van der Waals surface area contributed by atoms with E-state index in [4.69, 9.17) is 0 Å². The summed E-state index contributed by atoms with van der Waals surface area (Å²) < 4.78 is 4.47. The SMILES string of the molecule is CCC1(CC)CN(CC(O)C(=O)OC)C1. The van der Waals surface area contributed by atoms with E-state index in [9.17, 15) is 9.90 Å². The fraction of sp³-hybridized carbons (Fsp3) is 0.909. The number of esters is 1. The maximum absolute atomic E-state index is 11.0. The van der Waals surface area contributed by atoms with Crippen LogP contribution in [0.2, 0.25) is 0 Å². The van der Waals surface area contributed by atoms with E-state index in [1.807, 2.05) is 0 Å². The van der Waals surface area contributed by atoms with Crippen LogP contribution in [0.1, 0.15) is 26.7 Å². The van der Waals surface area contributed by atoms with Crippen LogP contribution in [0.3, 0.4) is 0 Å². The maximum atomic E-state index is 11.0. The van der Waals surface area contributed by atoms with Crippen molar-refractivity contribution in [1.82, 2.24) is 4.90 Å². The molecule has 1 N–H and O–H groups in total. The van der Waals surface area contributed by atoms with Gasteiger partial charge in [-0.2, -0.15) is 0 Å². The van der Waals surface area contributed by atoms with Gasteiger partial charge in [-0.25, -0.2) is 4.79 Å². The van der Waals surface area contributed by atoms with Crippen molar-refractivity contribution in [3.63, 3.8) is 0 Å². The third kappa shape index (κ3) is 2.69. The molecular formula is C11H21NO3. The number of carbonyl (C=O) groups is 1. The molecule has 0 aromatic heterocycles. The van der Waals surface area contributed by atoms with Gasteiger partial charge >= 0.3 is 5.97 Å². The molecule has 1 aliphatic rings. The molecule has 0 aliphatic carbocycles. The molecule has 0 saturated carbocycles. The van der Waals surface area contributed by atoms with E-state index >= 15 is 0 Å². The first kappa shape index (κ1) is 12.5. The van der Waals surface area contributed by atoms with Crippen LogP contribution < -0.4 is 0 Å². The number of β-amino-alcohol motifs (C(OH)–C–C–N with tert-alkyl or cyclic N) is 1. The van der Waals surface area contributed by atoms with Gasteiger partial charge < -0.3 is 9.84 Å². The van der Waals surface area contributed by atoms with Crippen LogP contribution >= 0.6 is 0 Å². The monoisotopic (exact) mass is 215 g/mol. The highest BCUT2D eigenvalue weighted by atomic mass is 16.5. The van der Waals surface area contributed by atoms with E-state index in [-0.39, 0.29) is 0 Å². The molecule has 1 fully saturated rings. The maximum Gasteiger partial charge on any atom is 0.336 e. The summed E-state index contributed by atoms with van der Waals surface area (Å²) in [7, 11) is 1.30. The molecule has 0 aromatic rings. The topological polar surface area (TPSA) is 49.8 Å². The first-order valence-electron chi connectivity index (χ1n) is 5.55. The summed E-state index contributed by atoms with van der Waals surface area (Å²) in [5, 5.41) is 9.45. The lowest BCUT2D eigenvalue weighted by atomic mass is 9.75. The number of rotatable bonds is 5. The zero-order valence-electron chi connectivity index (χ0n) is 9.82. The summed E-state index contributed by atoms with van der Waals surface area (Å²) in [4.78, 5) is 13.1. The molecule has 1 rings (SSSR count). The average Bonchev–Trinajstić information content (AvgIpc) is 2.21. The van der Waals surface area contributed by atoms with Gasteiger partial charge in [-0.3, -0.25) is 4.90 Å². The third-order valence-corrected chi connectivity index (χ3v) is 3.52. The van der Waals surface area contributed by atoms with Gasteiger partial charge in [0.1, 0.15) is 0 Å². The lowest BCUT2D eigenvalue weighted by molar-refractivity contribution is -0.153. The summed E-state index contributed by atoms with van der Waals surface area (Å²) in [5.41, 5.74) is 0.413.